The fourth-order valence-electron chi connectivity index (χ4n) is 2.24. The van der Waals surface area contributed by atoms with Gasteiger partial charge in [0, 0.05) is 25.7 Å². The van der Waals surface area contributed by atoms with Gasteiger partial charge in [0.2, 0.25) is 0 Å². The summed E-state index contributed by atoms with van der Waals surface area (Å²) in [7, 11) is 4.22. The van der Waals surface area contributed by atoms with Gasteiger partial charge in [0.25, 0.3) is 0 Å². The molecule has 0 radical (unpaired) electrons. The van der Waals surface area contributed by atoms with Crippen LogP contribution in [0.15, 0.2) is 0 Å². The van der Waals surface area contributed by atoms with Gasteiger partial charge in [-0.3, -0.25) is 0 Å². The molecule has 1 aliphatic rings. The summed E-state index contributed by atoms with van der Waals surface area (Å²) in [5, 5.41) is 3.27. The monoisotopic (exact) mass is 228 g/mol. The lowest BCUT2D eigenvalue weighted by atomic mass is 9.89. The first-order chi connectivity index (χ1) is 7.61. The van der Waals surface area contributed by atoms with Crippen LogP contribution in [-0.2, 0) is 4.74 Å². The highest BCUT2D eigenvalue weighted by atomic mass is 16.5. The minimum Gasteiger partial charge on any atom is -0.378 e. The van der Waals surface area contributed by atoms with Gasteiger partial charge in [-0.25, -0.2) is 0 Å². The number of nitrogens with zero attached hydrogens (tertiary/aromatic N) is 1. The van der Waals surface area contributed by atoms with Crippen LogP contribution < -0.4 is 5.32 Å². The van der Waals surface area contributed by atoms with E-state index >= 15 is 0 Å². The third-order valence-corrected chi connectivity index (χ3v) is 3.22. The van der Waals surface area contributed by atoms with Crippen molar-refractivity contribution in [2.75, 3.05) is 33.8 Å². The maximum atomic E-state index is 5.80. The predicted molar refractivity (Wildman–Crippen MR) is 68.8 cm³/mol. The molecule has 0 aromatic rings. The van der Waals surface area contributed by atoms with Gasteiger partial charge < -0.3 is 15.0 Å². The maximum absolute atomic E-state index is 5.80. The van der Waals surface area contributed by atoms with Crippen molar-refractivity contribution in [2.45, 2.75) is 45.3 Å². The van der Waals surface area contributed by atoms with Crippen molar-refractivity contribution >= 4 is 0 Å². The molecule has 96 valence electrons. The zero-order valence-corrected chi connectivity index (χ0v) is 11.3. The second-order valence-corrected chi connectivity index (χ2v) is 5.46. The second kappa shape index (κ2) is 7.25. The maximum Gasteiger partial charge on any atom is 0.0604 e. The number of hydrogen-bond donors (Lipinski definition) is 1. The van der Waals surface area contributed by atoms with E-state index in [0.29, 0.717) is 12.1 Å². The van der Waals surface area contributed by atoms with E-state index in [-0.39, 0.29) is 0 Å². The van der Waals surface area contributed by atoms with Crippen molar-refractivity contribution in [3.63, 3.8) is 0 Å². The topological polar surface area (TPSA) is 24.5 Å². The summed E-state index contributed by atoms with van der Waals surface area (Å²) in [6.07, 6.45) is 4.06. The quantitative estimate of drug-likeness (QED) is 0.640. The standard InChI is InChI=1S/C13H28N2O/c1-11(2)10-15(4)6-5-7-16-13-8-12(9-13)14-3/h11-14H,5-10H2,1-4H3. The Morgan fingerprint density at radius 2 is 2.06 bits per heavy atom. The first kappa shape index (κ1) is 13.9. The van der Waals surface area contributed by atoms with Gasteiger partial charge in [0.15, 0.2) is 0 Å². The van der Waals surface area contributed by atoms with Gasteiger partial charge in [0.1, 0.15) is 0 Å². The summed E-state index contributed by atoms with van der Waals surface area (Å²) < 4.78 is 5.80. The molecule has 0 bridgehead atoms. The Hall–Kier alpha value is -0.120. The van der Waals surface area contributed by atoms with Gasteiger partial charge in [-0.15, -0.1) is 0 Å². The molecular formula is C13H28N2O. The van der Waals surface area contributed by atoms with Crippen molar-refractivity contribution in [2.24, 2.45) is 5.92 Å². The van der Waals surface area contributed by atoms with Crippen LogP contribution >= 0.6 is 0 Å². The molecule has 0 aromatic carbocycles. The highest BCUT2D eigenvalue weighted by molar-refractivity contribution is 4.84. The van der Waals surface area contributed by atoms with Gasteiger partial charge in [-0.2, -0.15) is 0 Å². The molecular weight excluding hydrogens is 200 g/mol. The summed E-state index contributed by atoms with van der Waals surface area (Å²) in [5.41, 5.74) is 0. The average molecular weight is 228 g/mol. The number of rotatable bonds is 8. The van der Waals surface area contributed by atoms with Crippen LogP contribution in [0.4, 0.5) is 0 Å². The zero-order chi connectivity index (χ0) is 12.0. The van der Waals surface area contributed by atoms with Crippen molar-refractivity contribution in [3.8, 4) is 0 Å². The first-order valence-corrected chi connectivity index (χ1v) is 6.59. The lowest BCUT2D eigenvalue weighted by Gasteiger charge is -2.34. The van der Waals surface area contributed by atoms with E-state index in [4.69, 9.17) is 4.74 Å². The third-order valence-electron chi connectivity index (χ3n) is 3.22. The molecule has 16 heavy (non-hydrogen) atoms. The summed E-state index contributed by atoms with van der Waals surface area (Å²) >= 11 is 0. The summed E-state index contributed by atoms with van der Waals surface area (Å²) in [5.74, 6) is 0.758. The SMILES string of the molecule is CNC1CC(OCCCN(C)CC(C)C)C1. The van der Waals surface area contributed by atoms with E-state index in [1.807, 2.05) is 7.05 Å². The minimum atomic E-state index is 0.521. The number of ether oxygens (including phenoxy) is 1. The smallest absolute Gasteiger partial charge is 0.0604 e. The molecule has 1 fully saturated rings. The summed E-state index contributed by atoms with van der Waals surface area (Å²) in [4.78, 5) is 2.39. The molecule has 1 rings (SSSR count). The molecule has 3 heteroatoms. The summed E-state index contributed by atoms with van der Waals surface area (Å²) in [6, 6.07) is 0.702. The molecule has 0 heterocycles. The Bertz CT molecular complexity index is 179. The molecule has 0 spiro atoms. The van der Waals surface area contributed by atoms with Crippen LogP contribution in [0.5, 0.6) is 0 Å². The van der Waals surface area contributed by atoms with E-state index < -0.39 is 0 Å². The van der Waals surface area contributed by atoms with Crippen molar-refractivity contribution in [1.82, 2.24) is 10.2 Å². The van der Waals surface area contributed by atoms with Crippen LogP contribution in [0.1, 0.15) is 33.1 Å². The Balaban J connectivity index is 1.89. The third kappa shape index (κ3) is 5.28. The largest absolute Gasteiger partial charge is 0.378 e. The fraction of sp³-hybridized carbons (Fsp3) is 1.00. The number of hydrogen-bond acceptors (Lipinski definition) is 3. The summed E-state index contributed by atoms with van der Waals surface area (Å²) in [6.45, 7) is 7.79. The zero-order valence-electron chi connectivity index (χ0n) is 11.3. The van der Waals surface area contributed by atoms with E-state index in [1.54, 1.807) is 0 Å². The van der Waals surface area contributed by atoms with E-state index in [2.05, 4.69) is 31.1 Å². The van der Waals surface area contributed by atoms with Crippen LogP contribution in [0.2, 0.25) is 0 Å². The van der Waals surface area contributed by atoms with E-state index in [0.717, 1.165) is 25.5 Å². The van der Waals surface area contributed by atoms with E-state index in [1.165, 1.54) is 19.4 Å². The molecule has 1 aliphatic carbocycles. The first-order valence-electron chi connectivity index (χ1n) is 6.59. The van der Waals surface area contributed by atoms with Crippen LogP contribution in [0.25, 0.3) is 0 Å². The van der Waals surface area contributed by atoms with Crippen molar-refractivity contribution in [1.29, 1.82) is 0 Å². The van der Waals surface area contributed by atoms with Crippen LogP contribution in [-0.4, -0.2) is 50.8 Å². The Morgan fingerprint density at radius 1 is 1.38 bits per heavy atom. The van der Waals surface area contributed by atoms with E-state index in [9.17, 15) is 0 Å². The lowest BCUT2D eigenvalue weighted by Crippen LogP contribution is -2.43. The number of nitrogens with one attached hydrogen (secondary N) is 1. The Morgan fingerprint density at radius 3 is 2.62 bits per heavy atom. The van der Waals surface area contributed by atoms with Gasteiger partial charge >= 0.3 is 0 Å². The van der Waals surface area contributed by atoms with Crippen LogP contribution in [0, 0.1) is 5.92 Å². The normalized spacial score (nSPS) is 25.1. The lowest BCUT2D eigenvalue weighted by molar-refractivity contribution is -0.0176. The minimum absolute atomic E-state index is 0.521. The fourth-order valence-corrected chi connectivity index (χ4v) is 2.24. The highest BCUT2D eigenvalue weighted by Gasteiger charge is 2.27. The molecule has 1 N–H and O–H groups in total. The Labute approximate surface area is 101 Å². The molecule has 0 aliphatic heterocycles. The average Bonchev–Trinajstić information content (AvgIpc) is 2.13. The molecule has 0 unspecified atom stereocenters. The van der Waals surface area contributed by atoms with Crippen molar-refractivity contribution in [3.05, 3.63) is 0 Å². The highest BCUT2D eigenvalue weighted by Crippen LogP contribution is 2.22. The van der Waals surface area contributed by atoms with Crippen LogP contribution in [0.3, 0.4) is 0 Å². The van der Waals surface area contributed by atoms with Crippen molar-refractivity contribution < 1.29 is 4.74 Å². The molecule has 0 aromatic heterocycles. The molecule has 0 atom stereocenters. The molecule has 1 saturated carbocycles. The van der Waals surface area contributed by atoms with Gasteiger partial charge in [-0.05, 0) is 39.3 Å². The predicted octanol–water partition coefficient (Wildman–Crippen LogP) is 1.73. The molecule has 3 nitrogen and oxygen atoms in total. The van der Waals surface area contributed by atoms with Gasteiger partial charge in [0.05, 0.1) is 6.10 Å². The Kier molecular flexibility index (Phi) is 6.32. The molecule has 0 amide bonds. The second-order valence-electron chi connectivity index (χ2n) is 5.46. The molecule has 0 saturated heterocycles. The van der Waals surface area contributed by atoms with Gasteiger partial charge in [-0.1, -0.05) is 13.8 Å².